The average Bonchev–Trinajstić information content (AvgIpc) is 3.19. The van der Waals surface area contributed by atoms with E-state index in [9.17, 15) is 9.59 Å². The minimum atomic E-state index is -0.375. The lowest BCUT2D eigenvalue weighted by Crippen LogP contribution is -2.28. The summed E-state index contributed by atoms with van der Waals surface area (Å²) in [4.78, 5) is 26.9. The molecule has 5 heteroatoms. The van der Waals surface area contributed by atoms with E-state index in [0.29, 0.717) is 18.0 Å². The third kappa shape index (κ3) is 4.83. The predicted molar refractivity (Wildman–Crippen MR) is 127 cm³/mol. The van der Waals surface area contributed by atoms with Crippen molar-refractivity contribution in [2.45, 2.75) is 33.6 Å². The Hall–Kier alpha value is -3.60. The largest absolute Gasteiger partial charge is 0.457 e. The molecule has 2 amide bonds. The first-order valence-electron chi connectivity index (χ1n) is 11.0. The topological polar surface area (TPSA) is 58.6 Å². The normalized spacial score (nSPS) is 15.7. The Balaban J connectivity index is 1.36. The number of carbonyl (C=O) groups is 2. The summed E-state index contributed by atoms with van der Waals surface area (Å²) in [6.45, 7) is 6.61. The zero-order valence-electron chi connectivity index (χ0n) is 18.7. The molecular formula is C27H28N2O3. The van der Waals surface area contributed by atoms with Crippen molar-refractivity contribution in [3.63, 3.8) is 0 Å². The van der Waals surface area contributed by atoms with Crippen molar-refractivity contribution >= 4 is 23.2 Å². The van der Waals surface area contributed by atoms with Crippen molar-refractivity contribution in [3.8, 4) is 11.5 Å². The van der Waals surface area contributed by atoms with Crippen LogP contribution in [0.15, 0.2) is 66.7 Å². The highest BCUT2D eigenvalue weighted by molar-refractivity contribution is 6.03. The Morgan fingerprint density at radius 1 is 0.969 bits per heavy atom. The zero-order chi connectivity index (χ0) is 22.7. The van der Waals surface area contributed by atoms with E-state index >= 15 is 0 Å². The number of hydrogen-bond donors (Lipinski definition) is 1. The van der Waals surface area contributed by atoms with Gasteiger partial charge in [0.05, 0.1) is 5.92 Å². The van der Waals surface area contributed by atoms with Gasteiger partial charge in [-0.15, -0.1) is 0 Å². The lowest BCUT2D eigenvalue weighted by Gasteiger charge is -2.17. The van der Waals surface area contributed by atoms with Crippen LogP contribution in [-0.4, -0.2) is 18.4 Å². The van der Waals surface area contributed by atoms with E-state index in [4.69, 9.17) is 4.74 Å². The first-order chi connectivity index (χ1) is 15.4. The van der Waals surface area contributed by atoms with Crippen molar-refractivity contribution in [2.75, 3.05) is 16.8 Å². The van der Waals surface area contributed by atoms with Crippen molar-refractivity contribution < 1.29 is 14.3 Å². The van der Waals surface area contributed by atoms with Gasteiger partial charge in [0.25, 0.3) is 0 Å². The van der Waals surface area contributed by atoms with Crippen LogP contribution in [0.3, 0.4) is 0 Å². The third-order valence-electron chi connectivity index (χ3n) is 5.99. The molecule has 3 aromatic rings. The first-order valence-corrected chi connectivity index (χ1v) is 11.0. The zero-order valence-corrected chi connectivity index (χ0v) is 18.7. The predicted octanol–water partition coefficient (Wildman–Crippen LogP) is 5.65. The molecule has 32 heavy (non-hydrogen) atoms. The fourth-order valence-corrected chi connectivity index (χ4v) is 3.81. The Labute approximate surface area is 189 Å². The number of anilines is 2. The number of nitrogens with one attached hydrogen (secondary N) is 1. The Morgan fingerprint density at radius 2 is 1.66 bits per heavy atom. The molecule has 0 unspecified atom stereocenters. The molecule has 1 N–H and O–H groups in total. The van der Waals surface area contributed by atoms with Crippen LogP contribution in [0.2, 0.25) is 0 Å². The summed E-state index contributed by atoms with van der Waals surface area (Å²) in [5, 5.41) is 2.93. The second-order valence-corrected chi connectivity index (χ2v) is 8.29. The fraction of sp³-hybridized carbons (Fsp3) is 0.259. The van der Waals surface area contributed by atoms with Crippen LogP contribution in [0, 0.1) is 19.8 Å². The quantitative estimate of drug-likeness (QED) is 0.552. The van der Waals surface area contributed by atoms with E-state index in [2.05, 4.69) is 26.1 Å². The Bertz CT molecular complexity index is 1120. The van der Waals surface area contributed by atoms with Gasteiger partial charge in [0, 0.05) is 24.3 Å². The van der Waals surface area contributed by atoms with E-state index in [1.165, 1.54) is 16.7 Å². The number of nitrogens with zero attached hydrogens (tertiary/aromatic N) is 1. The number of rotatable bonds is 6. The van der Waals surface area contributed by atoms with Gasteiger partial charge < -0.3 is 15.0 Å². The third-order valence-corrected chi connectivity index (χ3v) is 5.99. The van der Waals surface area contributed by atoms with E-state index in [-0.39, 0.29) is 24.2 Å². The minimum Gasteiger partial charge on any atom is -0.457 e. The van der Waals surface area contributed by atoms with Gasteiger partial charge in [0.2, 0.25) is 11.8 Å². The molecule has 0 aliphatic carbocycles. The van der Waals surface area contributed by atoms with Crippen LogP contribution in [0.5, 0.6) is 11.5 Å². The van der Waals surface area contributed by atoms with Crippen LogP contribution in [0.25, 0.3) is 0 Å². The number of amides is 2. The van der Waals surface area contributed by atoms with Gasteiger partial charge in [-0.25, -0.2) is 0 Å². The average molecular weight is 429 g/mol. The molecule has 0 radical (unpaired) electrons. The van der Waals surface area contributed by atoms with E-state index < -0.39 is 0 Å². The second-order valence-electron chi connectivity index (χ2n) is 8.29. The van der Waals surface area contributed by atoms with Crippen LogP contribution in [0.4, 0.5) is 11.4 Å². The van der Waals surface area contributed by atoms with Gasteiger partial charge >= 0.3 is 0 Å². The molecule has 1 atom stereocenters. The number of ether oxygens (including phenoxy) is 1. The number of hydrogen-bond acceptors (Lipinski definition) is 3. The van der Waals surface area contributed by atoms with Gasteiger partial charge in [0.15, 0.2) is 0 Å². The molecule has 0 saturated carbocycles. The molecule has 1 fully saturated rings. The van der Waals surface area contributed by atoms with Crippen LogP contribution in [0.1, 0.15) is 30.0 Å². The van der Waals surface area contributed by atoms with Crippen LogP contribution >= 0.6 is 0 Å². The monoisotopic (exact) mass is 428 g/mol. The van der Waals surface area contributed by atoms with Crippen molar-refractivity contribution in [3.05, 3.63) is 83.4 Å². The fourth-order valence-electron chi connectivity index (χ4n) is 3.81. The lowest BCUT2D eigenvalue weighted by atomic mass is 10.1. The summed E-state index contributed by atoms with van der Waals surface area (Å²) in [6.07, 6.45) is 1.17. The highest BCUT2D eigenvalue weighted by Gasteiger charge is 2.35. The van der Waals surface area contributed by atoms with Gasteiger partial charge in [-0.1, -0.05) is 25.1 Å². The molecule has 0 spiro atoms. The molecular weight excluding hydrogens is 400 g/mol. The summed E-state index contributed by atoms with van der Waals surface area (Å²) < 4.78 is 5.90. The van der Waals surface area contributed by atoms with Crippen LogP contribution in [-0.2, 0) is 16.0 Å². The molecule has 0 aromatic heterocycles. The smallest absolute Gasteiger partial charge is 0.229 e. The van der Waals surface area contributed by atoms with Crippen LogP contribution < -0.4 is 15.0 Å². The summed E-state index contributed by atoms with van der Waals surface area (Å²) in [6, 6.07) is 21.2. The Kier molecular flexibility index (Phi) is 6.26. The molecule has 3 aromatic carbocycles. The molecule has 164 valence electrons. The van der Waals surface area contributed by atoms with Crippen molar-refractivity contribution in [1.82, 2.24) is 0 Å². The summed E-state index contributed by atoms with van der Waals surface area (Å²) in [5.41, 5.74) is 5.14. The highest BCUT2D eigenvalue weighted by atomic mass is 16.5. The molecule has 0 bridgehead atoms. The van der Waals surface area contributed by atoms with Gasteiger partial charge in [-0.05, 0) is 85.5 Å². The maximum atomic E-state index is 12.8. The van der Waals surface area contributed by atoms with E-state index in [1.54, 1.807) is 4.90 Å². The molecule has 5 nitrogen and oxygen atoms in total. The number of carbonyl (C=O) groups excluding carboxylic acids is 2. The van der Waals surface area contributed by atoms with E-state index in [1.807, 2.05) is 66.7 Å². The summed E-state index contributed by atoms with van der Waals surface area (Å²) in [5.74, 6) is 0.936. The molecule has 4 rings (SSSR count). The van der Waals surface area contributed by atoms with Crippen molar-refractivity contribution in [1.29, 1.82) is 0 Å². The standard InChI is InChI=1S/C27H28N2O3/c1-4-20-6-10-23(11-7-20)29-17-21(16-26(29)30)27(31)28-22-8-13-24(14-9-22)32-25-12-5-18(2)19(3)15-25/h5-15,21H,4,16-17H2,1-3H3,(H,28,31)/t21-/m1/s1. The van der Waals surface area contributed by atoms with Gasteiger partial charge in [0.1, 0.15) is 11.5 Å². The Morgan fingerprint density at radius 3 is 2.31 bits per heavy atom. The minimum absolute atomic E-state index is 0.0217. The lowest BCUT2D eigenvalue weighted by molar-refractivity contribution is -0.122. The van der Waals surface area contributed by atoms with Gasteiger partial charge in [-0.3, -0.25) is 9.59 Å². The molecule has 1 aliphatic heterocycles. The number of benzene rings is 3. The summed E-state index contributed by atoms with van der Waals surface area (Å²) >= 11 is 0. The summed E-state index contributed by atoms with van der Waals surface area (Å²) in [7, 11) is 0. The molecule has 1 aliphatic rings. The van der Waals surface area contributed by atoms with E-state index in [0.717, 1.165) is 17.9 Å². The highest BCUT2D eigenvalue weighted by Crippen LogP contribution is 2.28. The molecule has 1 saturated heterocycles. The second kappa shape index (κ2) is 9.27. The maximum absolute atomic E-state index is 12.8. The first kappa shape index (κ1) is 21.6. The SMILES string of the molecule is CCc1ccc(N2C[C@H](C(=O)Nc3ccc(Oc4ccc(C)c(C)c4)cc3)CC2=O)cc1. The van der Waals surface area contributed by atoms with Crippen molar-refractivity contribution in [2.24, 2.45) is 5.92 Å². The number of aryl methyl sites for hydroxylation is 3. The molecule has 1 heterocycles. The van der Waals surface area contributed by atoms with Gasteiger partial charge in [-0.2, -0.15) is 0 Å². The maximum Gasteiger partial charge on any atom is 0.229 e.